The summed E-state index contributed by atoms with van der Waals surface area (Å²) in [6, 6.07) is 0.379. The van der Waals surface area contributed by atoms with Crippen LogP contribution in [0.4, 0.5) is 0 Å². The van der Waals surface area contributed by atoms with Crippen LogP contribution in [0.3, 0.4) is 0 Å². The van der Waals surface area contributed by atoms with Gasteiger partial charge in [0.2, 0.25) is 5.91 Å². The molecule has 2 nitrogen and oxygen atoms in total. The second-order valence-electron chi connectivity index (χ2n) is 3.97. The molecule has 0 aliphatic carbocycles. The first kappa shape index (κ1) is 14.8. The molecule has 90 valence electrons. The molecule has 15 heavy (non-hydrogen) atoms. The third-order valence-electron chi connectivity index (χ3n) is 2.27. The molecule has 0 fully saturated rings. The molecule has 0 aromatic carbocycles. The minimum absolute atomic E-state index is 0.104. The van der Waals surface area contributed by atoms with E-state index in [9.17, 15) is 4.79 Å². The Morgan fingerprint density at radius 3 is 2.47 bits per heavy atom. The van der Waals surface area contributed by atoms with E-state index in [2.05, 4.69) is 19.2 Å². The van der Waals surface area contributed by atoms with Gasteiger partial charge in [-0.1, -0.05) is 33.1 Å². The number of unbranched alkanes of at least 4 members (excludes halogenated alkanes) is 2. The molecule has 0 saturated carbocycles. The van der Waals surface area contributed by atoms with Crippen molar-refractivity contribution in [2.75, 3.05) is 11.5 Å². The van der Waals surface area contributed by atoms with Gasteiger partial charge < -0.3 is 5.32 Å². The van der Waals surface area contributed by atoms with Crippen LogP contribution in [0.15, 0.2) is 0 Å². The number of hydrogen-bond donors (Lipinski definition) is 1. The maximum Gasteiger partial charge on any atom is 0.217 e. The Bertz CT molecular complexity index is 162. The number of amides is 1. The number of rotatable bonds is 9. The highest BCUT2D eigenvalue weighted by molar-refractivity contribution is 7.99. The van der Waals surface area contributed by atoms with Crippen LogP contribution < -0.4 is 5.32 Å². The third-order valence-corrected chi connectivity index (χ3v) is 3.49. The second kappa shape index (κ2) is 10.3. The van der Waals surface area contributed by atoms with Crippen LogP contribution in [0.1, 0.15) is 52.9 Å². The van der Waals surface area contributed by atoms with E-state index < -0.39 is 0 Å². The van der Waals surface area contributed by atoms with E-state index >= 15 is 0 Å². The smallest absolute Gasteiger partial charge is 0.217 e. The Morgan fingerprint density at radius 1 is 1.27 bits per heavy atom. The van der Waals surface area contributed by atoms with Crippen LogP contribution in [-0.4, -0.2) is 23.5 Å². The lowest BCUT2D eigenvalue weighted by molar-refractivity contribution is -0.119. The number of carbonyl (C=O) groups excluding carboxylic acids is 1. The lowest BCUT2D eigenvalue weighted by Gasteiger charge is -2.17. The van der Waals surface area contributed by atoms with Crippen molar-refractivity contribution in [1.29, 1.82) is 0 Å². The molecule has 0 bridgehead atoms. The molecule has 0 radical (unpaired) electrons. The summed E-state index contributed by atoms with van der Waals surface area (Å²) in [5.41, 5.74) is 0. The normalized spacial score (nSPS) is 12.5. The predicted molar refractivity (Wildman–Crippen MR) is 69.4 cm³/mol. The number of carbonyl (C=O) groups is 1. The fourth-order valence-electron chi connectivity index (χ4n) is 1.41. The SMILES string of the molecule is CCCCSCC(CCCC)NC(C)=O. The molecule has 1 unspecified atom stereocenters. The van der Waals surface area contributed by atoms with Crippen molar-refractivity contribution in [1.82, 2.24) is 5.32 Å². The lowest BCUT2D eigenvalue weighted by atomic mass is 10.1. The molecule has 1 atom stereocenters. The molecular formula is C12H25NOS. The highest BCUT2D eigenvalue weighted by atomic mass is 32.2. The molecule has 3 heteroatoms. The van der Waals surface area contributed by atoms with Gasteiger partial charge in [-0.3, -0.25) is 4.79 Å². The Kier molecular flexibility index (Phi) is 10.2. The summed E-state index contributed by atoms with van der Waals surface area (Å²) in [6.07, 6.45) is 6.07. The van der Waals surface area contributed by atoms with Gasteiger partial charge in [-0.05, 0) is 18.6 Å². The molecule has 1 N–H and O–H groups in total. The molecule has 1 amide bonds. The van der Waals surface area contributed by atoms with E-state index in [0.29, 0.717) is 6.04 Å². The Hall–Kier alpha value is -0.180. The average molecular weight is 231 g/mol. The van der Waals surface area contributed by atoms with Gasteiger partial charge in [0.15, 0.2) is 0 Å². The maximum absolute atomic E-state index is 11.0. The van der Waals surface area contributed by atoms with Gasteiger partial charge in [-0.15, -0.1) is 0 Å². The van der Waals surface area contributed by atoms with Gasteiger partial charge >= 0.3 is 0 Å². The van der Waals surface area contributed by atoms with E-state index in [1.54, 1.807) is 6.92 Å². The molecule has 0 rings (SSSR count). The Labute approximate surface area is 98.6 Å². The van der Waals surface area contributed by atoms with E-state index in [-0.39, 0.29) is 5.91 Å². The van der Waals surface area contributed by atoms with Gasteiger partial charge in [0.05, 0.1) is 0 Å². The largest absolute Gasteiger partial charge is 0.353 e. The van der Waals surface area contributed by atoms with Crippen LogP contribution in [0.5, 0.6) is 0 Å². The summed E-state index contributed by atoms with van der Waals surface area (Å²) in [6.45, 7) is 6.01. The fourth-order valence-corrected chi connectivity index (χ4v) is 2.60. The minimum atomic E-state index is 0.104. The highest BCUT2D eigenvalue weighted by Crippen LogP contribution is 2.10. The van der Waals surface area contributed by atoms with Crippen molar-refractivity contribution in [3.8, 4) is 0 Å². The van der Waals surface area contributed by atoms with Crippen LogP contribution >= 0.6 is 11.8 Å². The van der Waals surface area contributed by atoms with Crippen molar-refractivity contribution in [2.45, 2.75) is 58.9 Å². The van der Waals surface area contributed by atoms with Crippen LogP contribution in [-0.2, 0) is 4.79 Å². The predicted octanol–water partition coefficient (Wildman–Crippen LogP) is 3.21. The minimum Gasteiger partial charge on any atom is -0.353 e. The van der Waals surface area contributed by atoms with E-state index in [1.807, 2.05) is 11.8 Å². The summed E-state index contributed by atoms with van der Waals surface area (Å²) < 4.78 is 0. The lowest BCUT2D eigenvalue weighted by Crippen LogP contribution is -2.35. The summed E-state index contributed by atoms with van der Waals surface area (Å²) in [4.78, 5) is 11.0. The number of thioether (sulfide) groups is 1. The topological polar surface area (TPSA) is 29.1 Å². The molecule has 0 aliphatic heterocycles. The molecule has 0 saturated heterocycles. The van der Waals surface area contributed by atoms with Crippen LogP contribution in [0.2, 0.25) is 0 Å². The second-order valence-corrected chi connectivity index (χ2v) is 5.12. The molecule has 0 heterocycles. The molecule has 0 aromatic rings. The summed E-state index contributed by atoms with van der Waals surface area (Å²) in [5, 5.41) is 3.03. The Balaban J connectivity index is 3.64. The molecule has 0 aliphatic rings. The zero-order valence-electron chi connectivity index (χ0n) is 10.3. The van der Waals surface area contributed by atoms with Crippen molar-refractivity contribution in [3.05, 3.63) is 0 Å². The summed E-state index contributed by atoms with van der Waals surface area (Å²) >= 11 is 1.96. The van der Waals surface area contributed by atoms with Gasteiger partial charge in [-0.2, -0.15) is 11.8 Å². The van der Waals surface area contributed by atoms with Crippen molar-refractivity contribution >= 4 is 17.7 Å². The van der Waals surface area contributed by atoms with Crippen molar-refractivity contribution < 1.29 is 4.79 Å². The van der Waals surface area contributed by atoms with Crippen LogP contribution in [0, 0.1) is 0 Å². The van der Waals surface area contributed by atoms with Gasteiger partial charge in [0, 0.05) is 18.7 Å². The molecule has 0 aromatic heterocycles. The molecule has 0 spiro atoms. The first-order valence-corrected chi connectivity index (χ1v) is 7.21. The summed E-state index contributed by atoms with van der Waals surface area (Å²) in [7, 11) is 0. The van der Waals surface area contributed by atoms with E-state index in [1.165, 1.54) is 31.4 Å². The zero-order chi connectivity index (χ0) is 11.5. The first-order chi connectivity index (χ1) is 7.20. The van der Waals surface area contributed by atoms with Gasteiger partial charge in [-0.25, -0.2) is 0 Å². The zero-order valence-corrected chi connectivity index (χ0v) is 11.2. The first-order valence-electron chi connectivity index (χ1n) is 6.05. The fraction of sp³-hybridized carbons (Fsp3) is 0.917. The number of hydrogen-bond acceptors (Lipinski definition) is 2. The quantitative estimate of drug-likeness (QED) is 0.617. The average Bonchev–Trinajstić information content (AvgIpc) is 2.19. The Morgan fingerprint density at radius 2 is 1.93 bits per heavy atom. The molecular weight excluding hydrogens is 206 g/mol. The standard InChI is InChI=1S/C12H25NOS/c1-4-6-8-12(13-11(3)14)10-15-9-7-5-2/h12H,4-10H2,1-3H3,(H,13,14). The number of nitrogens with one attached hydrogen (secondary N) is 1. The van der Waals surface area contributed by atoms with Gasteiger partial charge in [0.1, 0.15) is 0 Å². The maximum atomic E-state index is 11.0. The third kappa shape index (κ3) is 10.1. The van der Waals surface area contributed by atoms with Gasteiger partial charge in [0.25, 0.3) is 0 Å². The summed E-state index contributed by atoms with van der Waals surface area (Å²) in [5.74, 6) is 2.39. The van der Waals surface area contributed by atoms with Crippen LogP contribution in [0.25, 0.3) is 0 Å². The van der Waals surface area contributed by atoms with E-state index in [0.717, 1.165) is 12.2 Å². The monoisotopic (exact) mass is 231 g/mol. The van der Waals surface area contributed by atoms with Crippen molar-refractivity contribution in [3.63, 3.8) is 0 Å². The van der Waals surface area contributed by atoms with E-state index in [4.69, 9.17) is 0 Å². The van der Waals surface area contributed by atoms with Crippen molar-refractivity contribution in [2.24, 2.45) is 0 Å². The highest BCUT2D eigenvalue weighted by Gasteiger charge is 2.08.